The van der Waals surface area contributed by atoms with Gasteiger partial charge in [-0.15, -0.1) is 0 Å². The van der Waals surface area contributed by atoms with Gasteiger partial charge in [0.05, 0.1) is 12.2 Å². The summed E-state index contributed by atoms with van der Waals surface area (Å²) >= 11 is 0. The van der Waals surface area contributed by atoms with Crippen LogP contribution in [0.15, 0.2) is 24.3 Å². The normalized spacial score (nSPS) is 11.2. The first kappa shape index (κ1) is 15.5. The minimum Gasteiger partial charge on any atom is -0.494 e. The summed E-state index contributed by atoms with van der Waals surface area (Å²) in [4.78, 5) is 14.0. The van der Waals surface area contributed by atoms with Crippen molar-refractivity contribution in [3.63, 3.8) is 0 Å². The van der Waals surface area contributed by atoms with E-state index in [4.69, 9.17) is 4.74 Å². The number of amides is 1. The van der Waals surface area contributed by atoms with Crippen molar-refractivity contribution in [3.8, 4) is 5.75 Å². The Balaban J connectivity index is 2.88. The van der Waals surface area contributed by atoms with E-state index in [0.717, 1.165) is 0 Å². The number of ether oxygens (including phenoxy) is 1. The van der Waals surface area contributed by atoms with Gasteiger partial charge in [0.2, 0.25) is 0 Å². The zero-order valence-corrected chi connectivity index (χ0v) is 12.1. The van der Waals surface area contributed by atoms with E-state index in [1.807, 2.05) is 19.9 Å². The Hall–Kier alpha value is -1.55. The first-order valence-electron chi connectivity index (χ1n) is 6.62. The number of rotatable bonds is 6. The molecule has 0 aliphatic rings. The molecule has 0 aliphatic heterocycles. The molecule has 1 aromatic carbocycles. The molecule has 1 rings (SSSR count). The molecule has 0 unspecified atom stereocenters. The Kier molecular flexibility index (Phi) is 5.36. The third-order valence-electron chi connectivity index (χ3n) is 2.64. The minimum atomic E-state index is -0.900. The van der Waals surface area contributed by atoms with Gasteiger partial charge in [-0.2, -0.15) is 0 Å². The Morgan fingerprint density at radius 3 is 2.58 bits per heavy atom. The molecule has 1 N–H and O–H groups in total. The van der Waals surface area contributed by atoms with E-state index in [1.54, 1.807) is 36.9 Å². The van der Waals surface area contributed by atoms with Crippen LogP contribution >= 0.6 is 0 Å². The van der Waals surface area contributed by atoms with Crippen LogP contribution < -0.4 is 4.74 Å². The maximum atomic E-state index is 12.4. The quantitative estimate of drug-likeness (QED) is 0.858. The number of benzene rings is 1. The summed E-state index contributed by atoms with van der Waals surface area (Å²) in [6.45, 7) is 8.62. The average Bonchev–Trinajstić information content (AvgIpc) is 2.35. The lowest BCUT2D eigenvalue weighted by atomic mass is 10.1. The third-order valence-corrected chi connectivity index (χ3v) is 2.64. The van der Waals surface area contributed by atoms with Crippen molar-refractivity contribution in [1.29, 1.82) is 0 Å². The minimum absolute atomic E-state index is 0.0915. The SMILES string of the molecule is CCOc1cccc(C(=O)N(CC)CC(C)(C)O)c1. The zero-order chi connectivity index (χ0) is 14.5. The number of nitrogens with zero attached hydrogens (tertiary/aromatic N) is 1. The number of hydrogen-bond acceptors (Lipinski definition) is 3. The number of aliphatic hydroxyl groups is 1. The van der Waals surface area contributed by atoms with Gasteiger partial charge in [0.25, 0.3) is 5.91 Å². The molecule has 0 bridgehead atoms. The second-order valence-electron chi connectivity index (χ2n) is 5.09. The Morgan fingerprint density at radius 2 is 2.05 bits per heavy atom. The molecule has 1 amide bonds. The molecule has 0 fully saturated rings. The third kappa shape index (κ3) is 4.91. The fourth-order valence-electron chi connectivity index (χ4n) is 1.86. The Labute approximate surface area is 115 Å². The van der Waals surface area contributed by atoms with Crippen LogP contribution in [0.3, 0.4) is 0 Å². The van der Waals surface area contributed by atoms with E-state index >= 15 is 0 Å². The van der Waals surface area contributed by atoms with E-state index < -0.39 is 5.60 Å². The van der Waals surface area contributed by atoms with Gasteiger partial charge in [0, 0.05) is 18.7 Å². The van der Waals surface area contributed by atoms with Crippen molar-refractivity contribution in [2.45, 2.75) is 33.3 Å². The zero-order valence-electron chi connectivity index (χ0n) is 12.1. The van der Waals surface area contributed by atoms with Crippen LogP contribution in [0.4, 0.5) is 0 Å². The molecular weight excluding hydrogens is 242 g/mol. The fourth-order valence-corrected chi connectivity index (χ4v) is 1.86. The van der Waals surface area contributed by atoms with Gasteiger partial charge in [-0.3, -0.25) is 4.79 Å². The van der Waals surface area contributed by atoms with Gasteiger partial charge in [0.15, 0.2) is 0 Å². The van der Waals surface area contributed by atoms with Crippen LogP contribution in [-0.2, 0) is 0 Å². The molecule has 19 heavy (non-hydrogen) atoms. The molecule has 0 saturated heterocycles. The van der Waals surface area contributed by atoms with Crippen molar-refractivity contribution in [1.82, 2.24) is 4.90 Å². The van der Waals surface area contributed by atoms with Gasteiger partial charge < -0.3 is 14.7 Å². The summed E-state index contributed by atoms with van der Waals surface area (Å²) < 4.78 is 5.39. The van der Waals surface area contributed by atoms with Crippen molar-refractivity contribution in [2.75, 3.05) is 19.7 Å². The predicted octanol–water partition coefficient (Wildman–Crippen LogP) is 2.32. The van der Waals surface area contributed by atoms with Crippen molar-refractivity contribution in [3.05, 3.63) is 29.8 Å². The fraction of sp³-hybridized carbons (Fsp3) is 0.533. The summed E-state index contributed by atoms with van der Waals surface area (Å²) in [7, 11) is 0. The molecule has 0 atom stereocenters. The largest absolute Gasteiger partial charge is 0.494 e. The van der Waals surface area contributed by atoms with Crippen LogP contribution in [0, 0.1) is 0 Å². The first-order valence-corrected chi connectivity index (χ1v) is 6.62. The maximum absolute atomic E-state index is 12.4. The second kappa shape index (κ2) is 6.57. The number of hydrogen-bond donors (Lipinski definition) is 1. The highest BCUT2D eigenvalue weighted by Gasteiger charge is 2.22. The molecule has 4 nitrogen and oxygen atoms in total. The maximum Gasteiger partial charge on any atom is 0.254 e. The van der Waals surface area contributed by atoms with Gasteiger partial charge in [-0.25, -0.2) is 0 Å². The van der Waals surface area contributed by atoms with Crippen LogP contribution in [0.5, 0.6) is 5.75 Å². The van der Waals surface area contributed by atoms with Gasteiger partial charge in [-0.05, 0) is 45.9 Å². The smallest absolute Gasteiger partial charge is 0.254 e. The molecule has 0 heterocycles. The van der Waals surface area contributed by atoms with Crippen molar-refractivity contribution < 1.29 is 14.6 Å². The number of carbonyl (C=O) groups excluding carboxylic acids is 1. The number of carbonyl (C=O) groups is 1. The summed E-state index contributed by atoms with van der Waals surface area (Å²) in [5.41, 5.74) is -0.319. The standard InChI is InChI=1S/C15H23NO3/c1-5-16(11-15(3,4)18)14(17)12-8-7-9-13(10-12)19-6-2/h7-10,18H,5-6,11H2,1-4H3. The Bertz CT molecular complexity index is 424. The summed E-state index contributed by atoms with van der Waals surface area (Å²) in [5.74, 6) is 0.596. The van der Waals surface area contributed by atoms with E-state index in [-0.39, 0.29) is 5.91 Å². The highest BCUT2D eigenvalue weighted by atomic mass is 16.5. The summed E-state index contributed by atoms with van der Waals surface area (Å²) in [6, 6.07) is 7.12. The van der Waals surface area contributed by atoms with Crippen LogP contribution in [0.1, 0.15) is 38.1 Å². The van der Waals surface area contributed by atoms with E-state index in [2.05, 4.69) is 0 Å². The molecule has 0 radical (unpaired) electrons. The molecule has 0 spiro atoms. The second-order valence-corrected chi connectivity index (χ2v) is 5.09. The van der Waals surface area contributed by atoms with Crippen LogP contribution in [0.2, 0.25) is 0 Å². The Morgan fingerprint density at radius 1 is 1.37 bits per heavy atom. The molecule has 0 aliphatic carbocycles. The highest BCUT2D eigenvalue weighted by molar-refractivity contribution is 5.94. The monoisotopic (exact) mass is 265 g/mol. The lowest BCUT2D eigenvalue weighted by Gasteiger charge is -2.28. The number of likely N-dealkylation sites (N-methyl/N-ethyl adjacent to an activating group) is 1. The molecule has 0 saturated carbocycles. The summed E-state index contributed by atoms with van der Waals surface area (Å²) in [5, 5.41) is 9.84. The molecular formula is C15H23NO3. The molecule has 1 aromatic rings. The lowest BCUT2D eigenvalue weighted by Crippen LogP contribution is -2.42. The molecule has 4 heteroatoms. The van der Waals surface area contributed by atoms with E-state index in [0.29, 0.717) is 31.0 Å². The van der Waals surface area contributed by atoms with Crippen molar-refractivity contribution >= 4 is 5.91 Å². The van der Waals surface area contributed by atoms with Crippen LogP contribution in [0.25, 0.3) is 0 Å². The molecule has 0 aromatic heterocycles. The molecule has 106 valence electrons. The summed E-state index contributed by atoms with van der Waals surface area (Å²) in [6.07, 6.45) is 0. The average molecular weight is 265 g/mol. The van der Waals surface area contributed by atoms with E-state index in [9.17, 15) is 9.90 Å². The van der Waals surface area contributed by atoms with Gasteiger partial charge in [0.1, 0.15) is 5.75 Å². The predicted molar refractivity (Wildman–Crippen MR) is 75.5 cm³/mol. The van der Waals surface area contributed by atoms with E-state index in [1.165, 1.54) is 0 Å². The topological polar surface area (TPSA) is 49.8 Å². The lowest BCUT2D eigenvalue weighted by molar-refractivity contribution is 0.0314. The van der Waals surface area contributed by atoms with Gasteiger partial charge >= 0.3 is 0 Å². The first-order chi connectivity index (χ1) is 8.87. The van der Waals surface area contributed by atoms with Crippen LogP contribution in [-0.4, -0.2) is 41.2 Å². The highest BCUT2D eigenvalue weighted by Crippen LogP contribution is 2.16. The van der Waals surface area contributed by atoms with Gasteiger partial charge in [-0.1, -0.05) is 6.07 Å². The van der Waals surface area contributed by atoms with Crippen molar-refractivity contribution in [2.24, 2.45) is 0 Å².